The number of ketones is 1. The number of furan rings is 1. The van der Waals surface area contributed by atoms with Crippen molar-refractivity contribution in [3.63, 3.8) is 0 Å². The topological polar surface area (TPSA) is 83.1 Å². The molecule has 0 bridgehead atoms. The first-order valence-electron chi connectivity index (χ1n) is 6.92. The van der Waals surface area contributed by atoms with Crippen molar-refractivity contribution in [3.05, 3.63) is 47.2 Å². The summed E-state index contributed by atoms with van der Waals surface area (Å²) < 4.78 is 5.30. The summed E-state index contributed by atoms with van der Waals surface area (Å²) in [5.74, 6) is -2.74. The zero-order chi connectivity index (χ0) is 17.0. The minimum Gasteiger partial charge on any atom is -0.447 e. The standard InChI is InChI=1S/C17H16N2O3S/c1-10-4-5-11(2)13(8-10)19-17(21)12(9-18)16(20)14-6-7-15(22-14)23-3/h4-8,12H,1-3H3,(H,19,21)/t12-/m0/s1. The number of rotatable bonds is 5. The number of carbonyl (C=O) groups excluding carboxylic acids is 2. The number of hydrogen-bond donors (Lipinski definition) is 1. The molecule has 1 aromatic carbocycles. The molecule has 0 spiro atoms. The molecule has 0 fully saturated rings. The summed E-state index contributed by atoms with van der Waals surface area (Å²) in [6.07, 6.45) is 1.81. The molecule has 118 valence electrons. The van der Waals surface area contributed by atoms with Crippen LogP contribution < -0.4 is 5.32 Å². The number of amides is 1. The smallest absolute Gasteiger partial charge is 0.249 e. The van der Waals surface area contributed by atoms with Crippen molar-refractivity contribution in [2.45, 2.75) is 18.9 Å². The molecule has 1 N–H and O–H groups in total. The molecule has 2 aromatic rings. The Morgan fingerprint density at radius 3 is 2.61 bits per heavy atom. The fourth-order valence-electron chi connectivity index (χ4n) is 2.02. The Morgan fingerprint density at radius 1 is 1.26 bits per heavy atom. The van der Waals surface area contributed by atoms with E-state index in [0.717, 1.165) is 11.1 Å². The fourth-order valence-corrected chi connectivity index (χ4v) is 2.39. The number of anilines is 1. The highest BCUT2D eigenvalue weighted by atomic mass is 32.2. The Labute approximate surface area is 138 Å². The Balaban J connectivity index is 2.20. The van der Waals surface area contributed by atoms with E-state index in [9.17, 15) is 14.9 Å². The molecule has 23 heavy (non-hydrogen) atoms. The van der Waals surface area contributed by atoms with Gasteiger partial charge in [0.2, 0.25) is 11.7 Å². The van der Waals surface area contributed by atoms with E-state index in [4.69, 9.17) is 4.42 Å². The number of nitrogens with one attached hydrogen (secondary N) is 1. The van der Waals surface area contributed by atoms with Gasteiger partial charge in [-0.25, -0.2) is 0 Å². The highest BCUT2D eigenvalue weighted by molar-refractivity contribution is 7.98. The molecule has 1 heterocycles. The Kier molecular flexibility index (Phi) is 5.24. The summed E-state index contributed by atoms with van der Waals surface area (Å²) in [5, 5.41) is 12.4. The van der Waals surface area contributed by atoms with Crippen LogP contribution >= 0.6 is 11.8 Å². The van der Waals surface area contributed by atoms with Gasteiger partial charge in [0.1, 0.15) is 0 Å². The summed E-state index contributed by atoms with van der Waals surface area (Å²) in [4.78, 5) is 24.6. The van der Waals surface area contributed by atoms with E-state index in [0.29, 0.717) is 10.8 Å². The number of thioether (sulfide) groups is 1. The number of nitrogens with zero attached hydrogens (tertiary/aromatic N) is 1. The molecule has 1 aromatic heterocycles. The third kappa shape index (κ3) is 3.82. The van der Waals surface area contributed by atoms with Crippen LogP contribution in [0.5, 0.6) is 0 Å². The van der Waals surface area contributed by atoms with Crippen molar-refractivity contribution in [2.75, 3.05) is 11.6 Å². The zero-order valence-electron chi connectivity index (χ0n) is 13.0. The Bertz CT molecular complexity index is 789. The molecule has 2 rings (SSSR count). The van der Waals surface area contributed by atoms with Crippen LogP contribution in [0.3, 0.4) is 0 Å². The van der Waals surface area contributed by atoms with Gasteiger partial charge in [0.05, 0.1) is 6.07 Å². The van der Waals surface area contributed by atoms with E-state index in [1.807, 2.05) is 32.2 Å². The Morgan fingerprint density at radius 2 is 2.00 bits per heavy atom. The molecular formula is C17H16N2O3S. The number of nitriles is 1. The van der Waals surface area contributed by atoms with Gasteiger partial charge >= 0.3 is 0 Å². The second kappa shape index (κ2) is 7.16. The average molecular weight is 328 g/mol. The fraction of sp³-hybridized carbons (Fsp3) is 0.235. The van der Waals surface area contributed by atoms with Crippen LogP contribution in [0.1, 0.15) is 21.7 Å². The first kappa shape index (κ1) is 16.8. The molecule has 0 aliphatic heterocycles. The van der Waals surface area contributed by atoms with E-state index in [2.05, 4.69) is 5.32 Å². The number of carbonyl (C=O) groups is 2. The number of hydrogen-bond acceptors (Lipinski definition) is 5. The van der Waals surface area contributed by atoms with E-state index in [1.165, 1.54) is 17.8 Å². The lowest BCUT2D eigenvalue weighted by molar-refractivity contribution is -0.117. The van der Waals surface area contributed by atoms with Gasteiger partial charge in [-0.2, -0.15) is 5.26 Å². The van der Waals surface area contributed by atoms with Gasteiger partial charge in [-0.05, 0) is 49.4 Å². The lowest BCUT2D eigenvalue weighted by Gasteiger charge is -2.11. The molecule has 0 saturated heterocycles. The van der Waals surface area contributed by atoms with Gasteiger partial charge in [-0.3, -0.25) is 9.59 Å². The van der Waals surface area contributed by atoms with Crippen molar-refractivity contribution in [1.29, 1.82) is 5.26 Å². The maximum Gasteiger partial charge on any atom is 0.249 e. The SMILES string of the molecule is CSc1ccc(C(=O)[C@H](C#N)C(=O)Nc2cc(C)ccc2C)o1. The van der Waals surface area contributed by atoms with Crippen molar-refractivity contribution in [1.82, 2.24) is 0 Å². The first-order chi connectivity index (χ1) is 11.0. The number of aryl methyl sites for hydroxylation is 2. The quantitative estimate of drug-likeness (QED) is 0.515. The van der Waals surface area contributed by atoms with Crippen LogP contribution in [-0.4, -0.2) is 17.9 Å². The molecule has 1 amide bonds. The van der Waals surface area contributed by atoms with Gasteiger partial charge < -0.3 is 9.73 Å². The molecule has 0 aliphatic rings. The van der Waals surface area contributed by atoms with Crippen LogP contribution in [0.2, 0.25) is 0 Å². The van der Waals surface area contributed by atoms with Crippen LogP contribution in [0.15, 0.2) is 39.8 Å². The third-order valence-electron chi connectivity index (χ3n) is 3.33. The number of Topliss-reactive ketones (excluding diaryl/α,β-unsaturated/α-hetero) is 1. The van der Waals surface area contributed by atoms with Gasteiger partial charge in [0, 0.05) is 5.69 Å². The maximum atomic E-state index is 12.3. The molecule has 5 nitrogen and oxygen atoms in total. The summed E-state index contributed by atoms with van der Waals surface area (Å²) in [6.45, 7) is 3.74. The van der Waals surface area contributed by atoms with Crippen molar-refractivity contribution in [3.8, 4) is 6.07 Å². The predicted molar refractivity (Wildman–Crippen MR) is 88.5 cm³/mol. The van der Waals surface area contributed by atoms with Gasteiger partial charge in [-0.1, -0.05) is 23.9 Å². The molecule has 0 radical (unpaired) electrons. The largest absolute Gasteiger partial charge is 0.447 e. The second-order valence-corrected chi connectivity index (χ2v) is 5.87. The van der Waals surface area contributed by atoms with E-state index >= 15 is 0 Å². The van der Waals surface area contributed by atoms with Crippen LogP contribution in [-0.2, 0) is 4.79 Å². The molecular weight excluding hydrogens is 312 g/mol. The predicted octanol–water partition coefficient (Wildman–Crippen LogP) is 3.58. The van der Waals surface area contributed by atoms with Gasteiger partial charge in [0.15, 0.2) is 16.8 Å². The summed E-state index contributed by atoms with van der Waals surface area (Å²) >= 11 is 1.34. The third-order valence-corrected chi connectivity index (χ3v) is 3.95. The number of benzene rings is 1. The van der Waals surface area contributed by atoms with E-state index < -0.39 is 17.6 Å². The van der Waals surface area contributed by atoms with Crippen molar-refractivity contribution in [2.24, 2.45) is 5.92 Å². The Hall–Kier alpha value is -2.52. The van der Waals surface area contributed by atoms with Gasteiger partial charge in [0.25, 0.3) is 0 Å². The minimum atomic E-state index is -1.45. The molecule has 1 atom stereocenters. The van der Waals surface area contributed by atoms with E-state index in [1.54, 1.807) is 18.2 Å². The highest BCUT2D eigenvalue weighted by Gasteiger charge is 2.30. The monoisotopic (exact) mass is 328 g/mol. The van der Waals surface area contributed by atoms with Crippen LogP contribution in [0.25, 0.3) is 0 Å². The van der Waals surface area contributed by atoms with Crippen LogP contribution in [0.4, 0.5) is 5.69 Å². The summed E-state index contributed by atoms with van der Waals surface area (Å²) in [6, 6.07) is 10.4. The van der Waals surface area contributed by atoms with Gasteiger partial charge in [-0.15, -0.1) is 0 Å². The van der Waals surface area contributed by atoms with Crippen LogP contribution in [0, 0.1) is 31.1 Å². The first-order valence-corrected chi connectivity index (χ1v) is 8.14. The normalized spacial score (nSPS) is 11.6. The second-order valence-electron chi connectivity index (χ2n) is 5.06. The summed E-state index contributed by atoms with van der Waals surface area (Å²) in [7, 11) is 0. The lowest BCUT2D eigenvalue weighted by Crippen LogP contribution is -2.28. The zero-order valence-corrected chi connectivity index (χ0v) is 13.9. The summed E-state index contributed by atoms with van der Waals surface area (Å²) in [5.41, 5.74) is 2.42. The van der Waals surface area contributed by atoms with E-state index in [-0.39, 0.29) is 5.76 Å². The molecule has 0 aliphatic carbocycles. The molecule has 0 saturated carbocycles. The average Bonchev–Trinajstić information content (AvgIpc) is 3.00. The van der Waals surface area contributed by atoms with Crippen molar-refractivity contribution >= 4 is 29.1 Å². The minimum absolute atomic E-state index is 0.0111. The molecule has 0 unspecified atom stereocenters. The van der Waals surface area contributed by atoms with Crippen molar-refractivity contribution < 1.29 is 14.0 Å². The lowest BCUT2D eigenvalue weighted by atomic mass is 10.0. The molecule has 6 heteroatoms. The maximum absolute atomic E-state index is 12.3. The highest BCUT2D eigenvalue weighted by Crippen LogP contribution is 2.22.